The zero-order chi connectivity index (χ0) is 23.3. The van der Waals surface area contributed by atoms with Crippen LogP contribution in [-0.2, 0) is 32.7 Å². The van der Waals surface area contributed by atoms with E-state index < -0.39 is 17.9 Å². The Morgan fingerprint density at radius 3 is 2.56 bits per heavy atom. The summed E-state index contributed by atoms with van der Waals surface area (Å²) in [4.78, 5) is 23.9. The Morgan fingerprint density at radius 2 is 1.91 bits per heavy atom. The SMILES string of the molecule is CO[C@H]1Cc2ccc(C(N)=O)cc2C(C)(C)[C@@H]1NCCC(N)C(=O)OCc1ccccc1. The predicted octanol–water partition coefficient (Wildman–Crippen LogP) is 2.05. The van der Waals surface area contributed by atoms with Gasteiger partial charge in [0.2, 0.25) is 5.91 Å². The molecule has 0 saturated heterocycles. The Hall–Kier alpha value is -2.74. The van der Waals surface area contributed by atoms with Crippen LogP contribution < -0.4 is 16.8 Å². The van der Waals surface area contributed by atoms with Gasteiger partial charge in [0.1, 0.15) is 12.6 Å². The molecule has 0 bridgehead atoms. The van der Waals surface area contributed by atoms with Crippen molar-refractivity contribution in [2.24, 2.45) is 11.5 Å². The van der Waals surface area contributed by atoms with Crippen molar-refractivity contribution < 1.29 is 19.1 Å². The molecule has 5 N–H and O–H groups in total. The molecular formula is C25H33N3O4. The van der Waals surface area contributed by atoms with Gasteiger partial charge in [-0.25, -0.2) is 0 Å². The fourth-order valence-electron chi connectivity index (χ4n) is 4.43. The molecule has 3 rings (SSSR count). The van der Waals surface area contributed by atoms with E-state index in [0.717, 1.165) is 23.1 Å². The molecule has 2 aromatic rings. The molecule has 0 radical (unpaired) electrons. The van der Waals surface area contributed by atoms with Crippen LogP contribution in [0.3, 0.4) is 0 Å². The molecule has 0 heterocycles. The second-order valence-electron chi connectivity index (χ2n) is 8.86. The van der Waals surface area contributed by atoms with Gasteiger partial charge in [0.25, 0.3) is 0 Å². The molecule has 32 heavy (non-hydrogen) atoms. The van der Waals surface area contributed by atoms with E-state index in [1.165, 1.54) is 0 Å². The minimum absolute atomic E-state index is 0.0318. The summed E-state index contributed by atoms with van der Waals surface area (Å²) in [6.07, 6.45) is 1.10. The van der Waals surface area contributed by atoms with Gasteiger partial charge in [0.05, 0.1) is 6.10 Å². The molecule has 1 aliphatic carbocycles. The lowest BCUT2D eigenvalue weighted by atomic mass is 9.67. The highest BCUT2D eigenvalue weighted by Gasteiger charge is 2.42. The van der Waals surface area contributed by atoms with E-state index >= 15 is 0 Å². The van der Waals surface area contributed by atoms with Crippen molar-refractivity contribution in [3.63, 3.8) is 0 Å². The molecule has 1 unspecified atom stereocenters. The number of ether oxygens (including phenoxy) is 2. The fourth-order valence-corrected chi connectivity index (χ4v) is 4.43. The first kappa shape index (κ1) is 23.9. The number of nitrogens with one attached hydrogen (secondary N) is 1. The van der Waals surface area contributed by atoms with Gasteiger partial charge in [-0.1, -0.05) is 50.2 Å². The number of fused-ring (bicyclic) bond motifs is 1. The molecule has 7 heteroatoms. The molecule has 3 atom stereocenters. The van der Waals surface area contributed by atoms with Crippen molar-refractivity contribution in [2.75, 3.05) is 13.7 Å². The largest absolute Gasteiger partial charge is 0.460 e. The highest BCUT2D eigenvalue weighted by atomic mass is 16.5. The van der Waals surface area contributed by atoms with Crippen LogP contribution in [0.1, 0.15) is 47.3 Å². The quantitative estimate of drug-likeness (QED) is 0.515. The number of primary amides is 1. The predicted molar refractivity (Wildman–Crippen MR) is 123 cm³/mol. The van der Waals surface area contributed by atoms with E-state index in [1.54, 1.807) is 13.2 Å². The highest BCUT2D eigenvalue weighted by molar-refractivity contribution is 5.93. The van der Waals surface area contributed by atoms with E-state index in [-0.39, 0.29) is 24.2 Å². The minimum atomic E-state index is -0.715. The zero-order valence-corrected chi connectivity index (χ0v) is 19.0. The summed E-state index contributed by atoms with van der Waals surface area (Å²) in [5, 5.41) is 3.53. The highest BCUT2D eigenvalue weighted by Crippen LogP contribution is 2.38. The first-order valence-corrected chi connectivity index (χ1v) is 10.9. The van der Waals surface area contributed by atoms with Gasteiger partial charge >= 0.3 is 5.97 Å². The van der Waals surface area contributed by atoms with Gasteiger partial charge in [-0.05, 0) is 41.8 Å². The van der Waals surface area contributed by atoms with E-state index in [0.29, 0.717) is 18.5 Å². The van der Waals surface area contributed by atoms with E-state index in [2.05, 4.69) is 19.2 Å². The fraction of sp³-hybridized carbons (Fsp3) is 0.440. The standard InChI is InChI=1S/C25H33N3O4/c1-25(2)19-13-18(23(27)29)10-9-17(19)14-21(31-3)22(25)28-12-11-20(26)24(30)32-15-16-7-5-4-6-8-16/h4-10,13,20-22,28H,11-12,14-15,26H2,1-3H3,(H2,27,29)/t20?,21-,22+/m0/s1. The lowest BCUT2D eigenvalue weighted by molar-refractivity contribution is -0.146. The van der Waals surface area contributed by atoms with Crippen LogP contribution in [0.5, 0.6) is 0 Å². The third-order valence-corrected chi connectivity index (χ3v) is 6.31. The van der Waals surface area contributed by atoms with E-state index in [9.17, 15) is 9.59 Å². The molecule has 1 amide bonds. The van der Waals surface area contributed by atoms with Gasteiger partial charge in [0, 0.05) is 30.6 Å². The summed E-state index contributed by atoms with van der Waals surface area (Å²) in [6, 6.07) is 14.4. The van der Waals surface area contributed by atoms with Gasteiger partial charge in [-0.15, -0.1) is 0 Å². The molecular weight excluding hydrogens is 406 g/mol. The first-order chi connectivity index (χ1) is 15.2. The van der Waals surface area contributed by atoms with Crippen molar-refractivity contribution in [1.82, 2.24) is 5.32 Å². The molecule has 2 aromatic carbocycles. The number of rotatable bonds is 9. The van der Waals surface area contributed by atoms with Crippen LogP contribution in [0.2, 0.25) is 0 Å². The monoisotopic (exact) mass is 439 g/mol. The number of esters is 1. The van der Waals surface area contributed by atoms with Crippen LogP contribution in [0.25, 0.3) is 0 Å². The van der Waals surface area contributed by atoms with Crippen LogP contribution >= 0.6 is 0 Å². The van der Waals surface area contributed by atoms with Crippen LogP contribution in [0.15, 0.2) is 48.5 Å². The molecule has 0 spiro atoms. The topological polar surface area (TPSA) is 117 Å². The van der Waals surface area contributed by atoms with Crippen molar-refractivity contribution in [2.45, 2.75) is 56.9 Å². The second kappa shape index (κ2) is 10.3. The Kier molecular flexibility index (Phi) is 7.66. The Bertz CT molecular complexity index is 945. The summed E-state index contributed by atoms with van der Waals surface area (Å²) in [7, 11) is 1.70. The number of amides is 1. The smallest absolute Gasteiger partial charge is 0.323 e. The number of carbonyl (C=O) groups is 2. The molecule has 172 valence electrons. The maximum Gasteiger partial charge on any atom is 0.323 e. The Labute approximate surface area is 189 Å². The molecule has 7 nitrogen and oxygen atoms in total. The molecule has 0 saturated carbocycles. The summed E-state index contributed by atoms with van der Waals surface area (Å²) < 4.78 is 11.1. The lowest BCUT2D eigenvalue weighted by Crippen LogP contribution is -2.57. The number of nitrogens with two attached hydrogens (primary N) is 2. The van der Waals surface area contributed by atoms with Crippen LogP contribution in [0, 0.1) is 0 Å². The average Bonchev–Trinajstić information content (AvgIpc) is 2.78. The normalized spacial score (nSPS) is 20.2. The van der Waals surface area contributed by atoms with Crippen LogP contribution in [-0.4, -0.2) is 43.7 Å². The molecule has 0 fully saturated rings. The molecule has 0 aliphatic heterocycles. The number of hydrogen-bond acceptors (Lipinski definition) is 6. The molecule has 1 aliphatic rings. The Balaban J connectivity index is 1.61. The summed E-state index contributed by atoms with van der Waals surface area (Å²) in [5.74, 6) is -0.861. The third kappa shape index (κ3) is 5.35. The summed E-state index contributed by atoms with van der Waals surface area (Å²) in [6.45, 7) is 4.97. The first-order valence-electron chi connectivity index (χ1n) is 10.9. The van der Waals surface area contributed by atoms with Crippen LogP contribution in [0.4, 0.5) is 0 Å². The van der Waals surface area contributed by atoms with Gasteiger partial charge in [0.15, 0.2) is 0 Å². The number of carbonyl (C=O) groups excluding carboxylic acids is 2. The van der Waals surface area contributed by atoms with Gasteiger partial charge < -0.3 is 26.3 Å². The van der Waals surface area contributed by atoms with Crippen molar-refractivity contribution in [3.8, 4) is 0 Å². The van der Waals surface area contributed by atoms with E-state index in [1.807, 2.05) is 42.5 Å². The summed E-state index contributed by atoms with van der Waals surface area (Å²) in [5.41, 5.74) is 14.9. The third-order valence-electron chi connectivity index (χ3n) is 6.31. The van der Waals surface area contributed by atoms with Gasteiger partial charge in [-0.3, -0.25) is 9.59 Å². The summed E-state index contributed by atoms with van der Waals surface area (Å²) >= 11 is 0. The van der Waals surface area contributed by atoms with Crippen molar-refractivity contribution >= 4 is 11.9 Å². The zero-order valence-electron chi connectivity index (χ0n) is 19.0. The van der Waals surface area contributed by atoms with Crippen molar-refractivity contribution in [3.05, 3.63) is 70.8 Å². The number of methoxy groups -OCH3 is 1. The van der Waals surface area contributed by atoms with E-state index in [4.69, 9.17) is 20.9 Å². The maximum absolute atomic E-state index is 12.3. The second-order valence-corrected chi connectivity index (χ2v) is 8.86. The number of hydrogen-bond donors (Lipinski definition) is 3. The van der Waals surface area contributed by atoms with Crippen molar-refractivity contribution in [1.29, 1.82) is 0 Å². The minimum Gasteiger partial charge on any atom is -0.460 e. The number of benzene rings is 2. The molecule has 0 aromatic heterocycles. The Morgan fingerprint density at radius 1 is 1.19 bits per heavy atom. The van der Waals surface area contributed by atoms with Gasteiger partial charge in [-0.2, -0.15) is 0 Å². The maximum atomic E-state index is 12.3. The lowest BCUT2D eigenvalue weighted by Gasteiger charge is -2.45. The average molecular weight is 440 g/mol.